The lowest BCUT2D eigenvalue weighted by atomic mass is 9.93. The van der Waals surface area contributed by atoms with Gasteiger partial charge in [-0.25, -0.2) is 9.69 Å². The van der Waals surface area contributed by atoms with E-state index in [1.54, 1.807) is 6.92 Å². The van der Waals surface area contributed by atoms with Gasteiger partial charge in [-0.2, -0.15) is 0 Å². The molecule has 2 aliphatic heterocycles. The van der Waals surface area contributed by atoms with Gasteiger partial charge >= 0.3 is 6.09 Å². The van der Waals surface area contributed by atoms with Crippen LogP contribution in [0, 0.1) is 5.92 Å². The molecular weight excluding hydrogens is 394 g/mol. The number of carbonyl (C=O) groups is 2. The molecular formula is C25H27NO5. The minimum absolute atomic E-state index is 0.198. The molecule has 1 unspecified atom stereocenters. The van der Waals surface area contributed by atoms with Crippen molar-refractivity contribution in [2.75, 3.05) is 13.2 Å². The Morgan fingerprint density at radius 2 is 1.81 bits per heavy atom. The van der Waals surface area contributed by atoms with E-state index in [0.29, 0.717) is 13.0 Å². The molecule has 2 amide bonds. The first-order chi connectivity index (χ1) is 15.0. The van der Waals surface area contributed by atoms with Crippen molar-refractivity contribution in [1.82, 2.24) is 4.90 Å². The van der Waals surface area contributed by atoms with Gasteiger partial charge in [0.25, 0.3) is 0 Å². The predicted octanol–water partition coefficient (Wildman–Crippen LogP) is 4.06. The predicted molar refractivity (Wildman–Crippen MR) is 116 cm³/mol. The SMILES string of the molecule is CC1OC/C(=C\c2ccccc2)[C@H]([C@@H](C)C(=O)N2C(=O)OC[C@@H]2Cc2ccccc2)O1. The van der Waals surface area contributed by atoms with Crippen LogP contribution in [0.2, 0.25) is 0 Å². The van der Waals surface area contributed by atoms with Crippen LogP contribution in [0.4, 0.5) is 4.79 Å². The molecule has 2 fully saturated rings. The third-order valence-electron chi connectivity index (χ3n) is 5.70. The largest absolute Gasteiger partial charge is 0.447 e. The van der Waals surface area contributed by atoms with Gasteiger partial charge in [-0.05, 0) is 30.0 Å². The summed E-state index contributed by atoms with van der Waals surface area (Å²) < 4.78 is 16.9. The van der Waals surface area contributed by atoms with Crippen molar-refractivity contribution in [2.45, 2.75) is 38.7 Å². The highest BCUT2D eigenvalue weighted by Crippen LogP contribution is 2.29. The van der Waals surface area contributed by atoms with Crippen LogP contribution in [0.25, 0.3) is 6.08 Å². The van der Waals surface area contributed by atoms with Crippen molar-refractivity contribution in [3.63, 3.8) is 0 Å². The molecule has 6 heteroatoms. The maximum absolute atomic E-state index is 13.4. The van der Waals surface area contributed by atoms with Gasteiger partial charge in [0.15, 0.2) is 6.29 Å². The van der Waals surface area contributed by atoms with Crippen molar-refractivity contribution in [3.8, 4) is 0 Å². The fourth-order valence-electron chi connectivity index (χ4n) is 4.07. The summed E-state index contributed by atoms with van der Waals surface area (Å²) in [6.45, 7) is 4.18. The van der Waals surface area contributed by atoms with Crippen LogP contribution in [0.1, 0.15) is 25.0 Å². The molecule has 4 atom stereocenters. The van der Waals surface area contributed by atoms with E-state index in [-0.39, 0.29) is 18.6 Å². The molecule has 0 N–H and O–H groups in total. The van der Waals surface area contributed by atoms with E-state index in [0.717, 1.165) is 16.7 Å². The summed E-state index contributed by atoms with van der Waals surface area (Å²) in [6.07, 6.45) is 1.04. The van der Waals surface area contributed by atoms with Crippen molar-refractivity contribution >= 4 is 18.1 Å². The maximum Gasteiger partial charge on any atom is 0.416 e. The van der Waals surface area contributed by atoms with Gasteiger partial charge in [-0.3, -0.25) is 4.79 Å². The highest BCUT2D eigenvalue weighted by molar-refractivity contribution is 5.95. The molecule has 2 aliphatic rings. The van der Waals surface area contributed by atoms with E-state index in [2.05, 4.69) is 0 Å². The van der Waals surface area contributed by atoms with Crippen molar-refractivity contribution < 1.29 is 23.8 Å². The number of nitrogens with zero attached hydrogens (tertiary/aromatic N) is 1. The Balaban J connectivity index is 1.55. The van der Waals surface area contributed by atoms with Gasteiger partial charge in [-0.1, -0.05) is 73.7 Å². The summed E-state index contributed by atoms with van der Waals surface area (Å²) in [5.74, 6) is -0.855. The van der Waals surface area contributed by atoms with Crippen molar-refractivity contribution in [2.24, 2.45) is 5.92 Å². The summed E-state index contributed by atoms with van der Waals surface area (Å²) in [6, 6.07) is 19.3. The van der Waals surface area contributed by atoms with Crippen molar-refractivity contribution in [1.29, 1.82) is 0 Å². The van der Waals surface area contributed by atoms with Gasteiger partial charge in [0, 0.05) is 0 Å². The smallest absolute Gasteiger partial charge is 0.416 e. The maximum atomic E-state index is 13.4. The molecule has 2 aromatic rings. The summed E-state index contributed by atoms with van der Waals surface area (Å²) in [5.41, 5.74) is 2.93. The third-order valence-corrected chi connectivity index (χ3v) is 5.70. The molecule has 0 radical (unpaired) electrons. The lowest BCUT2D eigenvalue weighted by molar-refractivity contribution is -0.190. The van der Waals surface area contributed by atoms with Gasteiger partial charge in [0.2, 0.25) is 5.91 Å². The molecule has 0 saturated carbocycles. The van der Waals surface area contributed by atoms with Crippen LogP contribution >= 0.6 is 0 Å². The molecule has 2 aromatic carbocycles. The zero-order valence-electron chi connectivity index (χ0n) is 17.8. The van der Waals surface area contributed by atoms with E-state index in [1.807, 2.05) is 73.7 Å². The minimum atomic E-state index is -0.591. The molecule has 31 heavy (non-hydrogen) atoms. The summed E-state index contributed by atoms with van der Waals surface area (Å²) in [4.78, 5) is 27.1. The Morgan fingerprint density at radius 3 is 2.52 bits per heavy atom. The number of benzene rings is 2. The lowest BCUT2D eigenvalue weighted by Gasteiger charge is -2.35. The second-order valence-electron chi connectivity index (χ2n) is 7.98. The summed E-state index contributed by atoms with van der Waals surface area (Å²) in [5, 5.41) is 0. The van der Waals surface area contributed by atoms with E-state index in [1.165, 1.54) is 4.90 Å². The van der Waals surface area contributed by atoms with E-state index in [9.17, 15) is 9.59 Å². The molecule has 6 nitrogen and oxygen atoms in total. The molecule has 0 aromatic heterocycles. The van der Waals surface area contributed by atoms with E-state index in [4.69, 9.17) is 14.2 Å². The highest BCUT2D eigenvalue weighted by atomic mass is 16.7. The molecule has 2 saturated heterocycles. The van der Waals surface area contributed by atoms with Crippen molar-refractivity contribution in [3.05, 3.63) is 77.4 Å². The average molecular weight is 421 g/mol. The van der Waals surface area contributed by atoms with Crippen LogP contribution < -0.4 is 0 Å². The fourth-order valence-corrected chi connectivity index (χ4v) is 4.07. The lowest BCUT2D eigenvalue weighted by Crippen LogP contribution is -2.48. The van der Waals surface area contributed by atoms with Crippen LogP contribution in [-0.4, -0.2) is 48.5 Å². The summed E-state index contributed by atoms with van der Waals surface area (Å²) in [7, 11) is 0. The first kappa shape index (κ1) is 21.3. The second kappa shape index (κ2) is 9.45. The number of ether oxygens (including phenoxy) is 3. The Kier molecular flexibility index (Phi) is 6.49. The van der Waals surface area contributed by atoms with E-state index < -0.39 is 24.4 Å². The second-order valence-corrected chi connectivity index (χ2v) is 7.98. The standard InChI is InChI=1S/C25H27NO5/c1-17(23-21(15-29-18(2)31-23)13-19-9-5-3-6-10-19)24(27)26-22(16-30-25(26)28)14-20-11-7-4-8-12-20/h3-13,17-18,22-23H,14-16H2,1-2H3/b21-13+/t17-,18?,22+,23+/m1/s1. The first-order valence-corrected chi connectivity index (χ1v) is 10.6. The monoisotopic (exact) mass is 421 g/mol. The number of hydrogen-bond donors (Lipinski definition) is 0. The molecule has 162 valence electrons. The van der Waals surface area contributed by atoms with Gasteiger partial charge in [0.05, 0.1) is 24.7 Å². The number of cyclic esters (lactones) is 1. The topological polar surface area (TPSA) is 65.1 Å². The Hall–Kier alpha value is -2.96. The van der Waals surface area contributed by atoms with E-state index >= 15 is 0 Å². The first-order valence-electron chi connectivity index (χ1n) is 10.6. The number of hydrogen-bond acceptors (Lipinski definition) is 5. The molecule has 0 aliphatic carbocycles. The quantitative estimate of drug-likeness (QED) is 0.729. The number of carbonyl (C=O) groups excluding carboxylic acids is 2. The third kappa shape index (κ3) is 4.86. The van der Waals surface area contributed by atoms with Gasteiger partial charge < -0.3 is 14.2 Å². The number of amides is 2. The number of imide groups is 1. The Bertz CT molecular complexity index is 943. The molecule has 4 rings (SSSR count). The fraction of sp³-hybridized carbons (Fsp3) is 0.360. The molecule has 2 heterocycles. The average Bonchev–Trinajstić information content (AvgIpc) is 3.15. The van der Waals surface area contributed by atoms with Crippen LogP contribution in [-0.2, 0) is 25.4 Å². The molecule has 0 spiro atoms. The Labute approximate surface area is 182 Å². The molecule has 0 bridgehead atoms. The zero-order chi connectivity index (χ0) is 21.8. The van der Waals surface area contributed by atoms with Gasteiger partial charge in [0.1, 0.15) is 6.61 Å². The number of rotatable bonds is 5. The van der Waals surface area contributed by atoms with Crippen LogP contribution in [0.3, 0.4) is 0 Å². The van der Waals surface area contributed by atoms with Crippen LogP contribution in [0.5, 0.6) is 0 Å². The zero-order valence-corrected chi connectivity index (χ0v) is 17.8. The normalized spacial score (nSPS) is 26.0. The highest BCUT2D eigenvalue weighted by Gasteiger charge is 2.43. The Morgan fingerprint density at radius 1 is 1.13 bits per heavy atom. The minimum Gasteiger partial charge on any atom is -0.447 e. The summed E-state index contributed by atoms with van der Waals surface area (Å²) >= 11 is 0. The van der Waals surface area contributed by atoms with Crippen LogP contribution in [0.15, 0.2) is 66.2 Å². The van der Waals surface area contributed by atoms with Gasteiger partial charge in [-0.15, -0.1) is 0 Å².